The highest BCUT2D eigenvalue weighted by molar-refractivity contribution is 6.36. The molecular formula is C14H9Cl3O2. The van der Waals surface area contributed by atoms with Crippen molar-refractivity contribution in [3.63, 3.8) is 0 Å². The van der Waals surface area contributed by atoms with E-state index in [1.807, 2.05) is 0 Å². The molecule has 0 aromatic heterocycles. The molecule has 0 spiro atoms. The van der Waals surface area contributed by atoms with Crippen LogP contribution in [0.4, 0.5) is 0 Å². The Morgan fingerprint density at radius 3 is 2.21 bits per heavy atom. The lowest BCUT2D eigenvalue weighted by atomic mass is 10.1. The van der Waals surface area contributed by atoms with Gasteiger partial charge >= 0.3 is 0 Å². The van der Waals surface area contributed by atoms with E-state index < -0.39 is 0 Å². The number of ketones is 1. The van der Waals surface area contributed by atoms with Gasteiger partial charge < -0.3 is 4.74 Å². The summed E-state index contributed by atoms with van der Waals surface area (Å²) < 4.78 is 5.59. The van der Waals surface area contributed by atoms with Crippen molar-refractivity contribution in [2.24, 2.45) is 0 Å². The molecule has 0 heterocycles. The Morgan fingerprint density at radius 2 is 1.63 bits per heavy atom. The molecule has 0 fully saturated rings. The Morgan fingerprint density at radius 1 is 1.00 bits per heavy atom. The Labute approximate surface area is 125 Å². The summed E-state index contributed by atoms with van der Waals surface area (Å²) in [4.78, 5) is 11.3. The first kappa shape index (κ1) is 14.2. The SMILES string of the molecule is CC(=O)c1cc(Cl)c(Oc2ccc(Cl)cc2)cc1Cl. The topological polar surface area (TPSA) is 26.3 Å². The van der Waals surface area contributed by atoms with E-state index in [-0.39, 0.29) is 5.78 Å². The first-order chi connectivity index (χ1) is 8.97. The van der Waals surface area contributed by atoms with Gasteiger partial charge in [0.05, 0.1) is 10.0 Å². The monoisotopic (exact) mass is 314 g/mol. The van der Waals surface area contributed by atoms with Crippen molar-refractivity contribution in [3.05, 3.63) is 57.0 Å². The molecule has 98 valence electrons. The number of hydrogen-bond donors (Lipinski definition) is 0. The van der Waals surface area contributed by atoms with E-state index in [9.17, 15) is 4.79 Å². The standard InChI is InChI=1S/C14H9Cl3O2/c1-8(18)11-6-13(17)14(7-12(11)16)19-10-4-2-9(15)3-5-10/h2-7H,1H3. The van der Waals surface area contributed by atoms with Gasteiger partial charge in [-0.05, 0) is 37.3 Å². The van der Waals surface area contributed by atoms with Gasteiger partial charge in [-0.3, -0.25) is 4.79 Å². The fourth-order valence-corrected chi connectivity index (χ4v) is 2.12. The quantitative estimate of drug-likeness (QED) is 0.685. The zero-order valence-corrected chi connectivity index (χ0v) is 12.2. The molecule has 2 aromatic carbocycles. The van der Waals surface area contributed by atoms with Crippen LogP contribution < -0.4 is 4.74 Å². The van der Waals surface area contributed by atoms with Crippen LogP contribution in [0.5, 0.6) is 11.5 Å². The molecule has 5 heteroatoms. The number of benzene rings is 2. The van der Waals surface area contributed by atoms with Gasteiger partial charge in [-0.25, -0.2) is 0 Å². The van der Waals surface area contributed by atoms with Crippen LogP contribution in [0.3, 0.4) is 0 Å². The van der Waals surface area contributed by atoms with Gasteiger partial charge in [0.25, 0.3) is 0 Å². The smallest absolute Gasteiger partial charge is 0.161 e. The third kappa shape index (κ3) is 3.41. The minimum absolute atomic E-state index is 0.148. The summed E-state index contributed by atoms with van der Waals surface area (Å²) in [6.07, 6.45) is 0. The zero-order valence-electron chi connectivity index (χ0n) is 9.91. The highest BCUT2D eigenvalue weighted by Gasteiger charge is 2.12. The van der Waals surface area contributed by atoms with Gasteiger partial charge in [0.2, 0.25) is 0 Å². The summed E-state index contributed by atoms with van der Waals surface area (Å²) in [5.74, 6) is 0.821. The van der Waals surface area contributed by atoms with E-state index in [1.165, 1.54) is 19.1 Å². The van der Waals surface area contributed by atoms with Crippen LogP contribution in [0.25, 0.3) is 0 Å². The van der Waals surface area contributed by atoms with Crippen molar-refractivity contribution >= 4 is 40.6 Å². The van der Waals surface area contributed by atoms with Crippen molar-refractivity contribution in [2.45, 2.75) is 6.92 Å². The summed E-state index contributed by atoms with van der Waals surface area (Å²) >= 11 is 17.9. The van der Waals surface area contributed by atoms with Gasteiger partial charge in [0, 0.05) is 16.7 Å². The van der Waals surface area contributed by atoms with E-state index >= 15 is 0 Å². The number of carbonyl (C=O) groups is 1. The number of hydrogen-bond acceptors (Lipinski definition) is 2. The fraction of sp³-hybridized carbons (Fsp3) is 0.0714. The van der Waals surface area contributed by atoms with E-state index in [1.54, 1.807) is 24.3 Å². The molecule has 0 unspecified atom stereocenters. The molecule has 0 radical (unpaired) electrons. The second kappa shape index (κ2) is 5.83. The number of ether oxygens (including phenoxy) is 1. The molecule has 0 aliphatic heterocycles. The number of carbonyl (C=O) groups excluding carboxylic acids is 1. The van der Waals surface area contributed by atoms with Gasteiger partial charge in [0.1, 0.15) is 11.5 Å². The average Bonchev–Trinajstić information content (AvgIpc) is 2.35. The highest BCUT2D eigenvalue weighted by Crippen LogP contribution is 2.34. The van der Waals surface area contributed by atoms with E-state index in [0.29, 0.717) is 32.1 Å². The minimum atomic E-state index is -0.148. The molecule has 19 heavy (non-hydrogen) atoms. The van der Waals surface area contributed by atoms with Crippen molar-refractivity contribution in [3.8, 4) is 11.5 Å². The second-order valence-corrected chi connectivity index (χ2v) is 5.13. The van der Waals surface area contributed by atoms with Crippen LogP contribution >= 0.6 is 34.8 Å². The molecule has 2 aromatic rings. The first-order valence-corrected chi connectivity index (χ1v) is 6.54. The normalized spacial score (nSPS) is 10.3. The van der Waals surface area contributed by atoms with Gasteiger partial charge in [-0.1, -0.05) is 34.8 Å². The summed E-state index contributed by atoms with van der Waals surface area (Å²) in [6, 6.07) is 9.86. The molecule has 0 saturated heterocycles. The van der Waals surface area contributed by atoms with Crippen LogP contribution in [0.2, 0.25) is 15.1 Å². The van der Waals surface area contributed by atoms with Crippen molar-refractivity contribution < 1.29 is 9.53 Å². The summed E-state index contributed by atoms with van der Waals surface area (Å²) in [5.41, 5.74) is 0.370. The maximum atomic E-state index is 11.3. The molecule has 2 rings (SSSR count). The molecule has 2 nitrogen and oxygen atoms in total. The minimum Gasteiger partial charge on any atom is -0.456 e. The lowest BCUT2D eigenvalue weighted by Gasteiger charge is -2.10. The first-order valence-electron chi connectivity index (χ1n) is 5.41. The average molecular weight is 316 g/mol. The zero-order chi connectivity index (χ0) is 14.0. The lowest BCUT2D eigenvalue weighted by Crippen LogP contribution is -1.95. The fourth-order valence-electron chi connectivity index (χ4n) is 1.51. The van der Waals surface area contributed by atoms with Crippen LogP contribution in [-0.2, 0) is 0 Å². The van der Waals surface area contributed by atoms with E-state index in [2.05, 4.69) is 0 Å². The van der Waals surface area contributed by atoms with Crippen molar-refractivity contribution in [1.29, 1.82) is 0 Å². The van der Waals surface area contributed by atoms with Crippen molar-refractivity contribution in [1.82, 2.24) is 0 Å². The van der Waals surface area contributed by atoms with Crippen LogP contribution in [0, 0.1) is 0 Å². The van der Waals surface area contributed by atoms with Gasteiger partial charge in [-0.2, -0.15) is 0 Å². The summed E-state index contributed by atoms with van der Waals surface area (Å²) in [7, 11) is 0. The Bertz CT molecular complexity index is 621. The summed E-state index contributed by atoms with van der Waals surface area (Å²) in [6.45, 7) is 1.43. The predicted molar refractivity (Wildman–Crippen MR) is 78.0 cm³/mol. The van der Waals surface area contributed by atoms with Crippen LogP contribution in [0.1, 0.15) is 17.3 Å². The molecule has 0 aliphatic rings. The maximum Gasteiger partial charge on any atom is 0.161 e. The molecule has 0 bridgehead atoms. The Kier molecular flexibility index (Phi) is 4.35. The molecule has 0 aliphatic carbocycles. The lowest BCUT2D eigenvalue weighted by molar-refractivity contribution is 0.101. The second-order valence-electron chi connectivity index (χ2n) is 3.87. The third-order valence-corrected chi connectivity index (χ3v) is 3.30. The van der Waals surface area contributed by atoms with Gasteiger partial charge in [-0.15, -0.1) is 0 Å². The molecule has 0 amide bonds. The molecule has 0 saturated carbocycles. The van der Waals surface area contributed by atoms with Crippen LogP contribution in [-0.4, -0.2) is 5.78 Å². The number of Topliss-reactive ketones (excluding diaryl/α,β-unsaturated/α-hetero) is 1. The summed E-state index contributed by atoms with van der Waals surface area (Å²) in [5, 5.41) is 1.24. The molecule has 0 atom stereocenters. The van der Waals surface area contributed by atoms with Gasteiger partial charge in [0.15, 0.2) is 5.78 Å². The Hall–Kier alpha value is -1.22. The number of rotatable bonds is 3. The largest absolute Gasteiger partial charge is 0.456 e. The predicted octanol–water partition coefficient (Wildman–Crippen LogP) is 5.64. The maximum absolute atomic E-state index is 11.3. The molecule has 0 N–H and O–H groups in total. The van der Waals surface area contributed by atoms with E-state index in [0.717, 1.165) is 0 Å². The van der Waals surface area contributed by atoms with E-state index in [4.69, 9.17) is 39.5 Å². The number of halogens is 3. The highest BCUT2D eigenvalue weighted by atomic mass is 35.5. The molecular weight excluding hydrogens is 307 g/mol. The van der Waals surface area contributed by atoms with Crippen molar-refractivity contribution in [2.75, 3.05) is 0 Å². The van der Waals surface area contributed by atoms with Crippen LogP contribution in [0.15, 0.2) is 36.4 Å². The third-order valence-electron chi connectivity index (χ3n) is 2.44. The Balaban J connectivity index is 2.33.